The Morgan fingerprint density at radius 1 is 1.00 bits per heavy atom. The average Bonchev–Trinajstić information content (AvgIpc) is 3.26. The molecule has 2 heterocycles. The quantitative estimate of drug-likeness (QED) is 0.489. The van der Waals surface area contributed by atoms with E-state index < -0.39 is 0 Å². The lowest BCUT2D eigenvalue weighted by molar-refractivity contribution is 0.669. The standard InChI is InChI=1S/C21H16N2O/c1-2-6-15(7-3-1)21-22-12-13-23(21)16-10-11-20-18(14-16)17-8-4-5-9-19(17)24-20/h1-2,4-6,8-14H,3,7H2. The van der Waals surface area contributed by atoms with Crippen LogP contribution in [-0.2, 0) is 0 Å². The molecular formula is C21H16N2O. The van der Waals surface area contributed by atoms with Crippen molar-refractivity contribution in [2.75, 3.05) is 0 Å². The number of fused-ring (bicyclic) bond motifs is 3. The second-order valence-electron chi connectivity index (χ2n) is 6.06. The summed E-state index contributed by atoms with van der Waals surface area (Å²) in [4.78, 5) is 4.58. The van der Waals surface area contributed by atoms with Crippen LogP contribution in [0.3, 0.4) is 0 Å². The highest BCUT2D eigenvalue weighted by molar-refractivity contribution is 6.05. The fourth-order valence-corrected chi connectivity index (χ4v) is 3.40. The van der Waals surface area contributed by atoms with Crippen molar-refractivity contribution in [3.8, 4) is 5.69 Å². The number of aromatic nitrogens is 2. The lowest BCUT2D eigenvalue weighted by atomic mass is 10.0. The van der Waals surface area contributed by atoms with Crippen molar-refractivity contribution in [1.82, 2.24) is 9.55 Å². The lowest BCUT2D eigenvalue weighted by Crippen LogP contribution is -2.01. The molecule has 0 saturated heterocycles. The first-order chi connectivity index (χ1) is 11.9. The molecule has 2 aromatic heterocycles. The van der Waals surface area contributed by atoms with E-state index in [1.54, 1.807) is 0 Å². The van der Waals surface area contributed by atoms with Crippen molar-refractivity contribution in [2.45, 2.75) is 12.8 Å². The van der Waals surface area contributed by atoms with Crippen LogP contribution in [0.4, 0.5) is 0 Å². The summed E-state index contributed by atoms with van der Waals surface area (Å²) in [5.41, 5.74) is 4.23. The van der Waals surface area contributed by atoms with Crippen LogP contribution in [0.2, 0.25) is 0 Å². The van der Waals surface area contributed by atoms with Gasteiger partial charge in [0.05, 0.1) is 0 Å². The fourth-order valence-electron chi connectivity index (χ4n) is 3.40. The predicted octanol–water partition coefficient (Wildman–Crippen LogP) is 5.51. The summed E-state index contributed by atoms with van der Waals surface area (Å²) >= 11 is 0. The number of nitrogens with zero attached hydrogens (tertiary/aromatic N) is 2. The first-order valence-corrected chi connectivity index (χ1v) is 8.21. The van der Waals surface area contributed by atoms with Crippen LogP contribution in [0.15, 0.2) is 77.5 Å². The zero-order valence-electron chi connectivity index (χ0n) is 13.1. The minimum Gasteiger partial charge on any atom is -0.456 e. The highest BCUT2D eigenvalue weighted by Gasteiger charge is 2.13. The summed E-state index contributed by atoms with van der Waals surface area (Å²) in [6.45, 7) is 0. The number of benzene rings is 2. The Bertz CT molecular complexity index is 1110. The SMILES string of the molecule is C1=CCCC(c2nccn2-c2ccc3oc4ccccc4c3c2)=C1. The Morgan fingerprint density at radius 2 is 1.92 bits per heavy atom. The maximum Gasteiger partial charge on any atom is 0.140 e. The largest absolute Gasteiger partial charge is 0.456 e. The molecule has 5 rings (SSSR count). The van der Waals surface area contributed by atoms with Crippen molar-refractivity contribution in [3.63, 3.8) is 0 Å². The Kier molecular flexibility index (Phi) is 2.92. The molecule has 0 radical (unpaired) electrons. The normalized spacial score (nSPS) is 14.4. The van der Waals surface area contributed by atoms with Crippen molar-refractivity contribution in [1.29, 1.82) is 0 Å². The van der Waals surface area contributed by atoms with Gasteiger partial charge in [0.15, 0.2) is 0 Å². The van der Waals surface area contributed by atoms with Crippen LogP contribution in [0, 0.1) is 0 Å². The van der Waals surface area contributed by atoms with Gasteiger partial charge in [0, 0.05) is 28.9 Å². The molecule has 4 aromatic rings. The molecular weight excluding hydrogens is 296 g/mol. The van der Waals surface area contributed by atoms with Crippen LogP contribution >= 0.6 is 0 Å². The van der Waals surface area contributed by atoms with Gasteiger partial charge >= 0.3 is 0 Å². The second-order valence-corrected chi connectivity index (χ2v) is 6.06. The van der Waals surface area contributed by atoms with E-state index in [0.29, 0.717) is 0 Å². The van der Waals surface area contributed by atoms with Crippen LogP contribution in [-0.4, -0.2) is 9.55 Å². The summed E-state index contributed by atoms with van der Waals surface area (Å²) in [5, 5.41) is 2.29. The van der Waals surface area contributed by atoms with Gasteiger partial charge in [-0.1, -0.05) is 36.4 Å². The van der Waals surface area contributed by atoms with Gasteiger partial charge in [-0.15, -0.1) is 0 Å². The summed E-state index contributed by atoms with van der Waals surface area (Å²) in [5.74, 6) is 1.02. The number of hydrogen-bond donors (Lipinski definition) is 0. The van der Waals surface area contributed by atoms with E-state index >= 15 is 0 Å². The third kappa shape index (κ3) is 2.02. The van der Waals surface area contributed by atoms with Gasteiger partial charge in [-0.2, -0.15) is 0 Å². The minimum absolute atomic E-state index is 0.918. The minimum atomic E-state index is 0.918. The Hall–Kier alpha value is -3.07. The zero-order chi connectivity index (χ0) is 15.9. The highest BCUT2D eigenvalue weighted by Crippen LogP contribution is 2.31. The number of hydrogen-bond acceptors (Lipinski definition) is 2. The zero-order valence-corrected chi connectivity index (χ0v) is 13.1. The Morgan fingerprint density at radius 3 is 2.83 bits per heavy atom. The maximum atomic E-state index is 5.93. The Balaban J connectivity index is 1.70. The van der Waals surface area contributed by atoms with Gasteiger partial charge in [-0.25, -0.2) is 4.98 Å². The number of allylic oxidation sites excluding steroid dienone is 4. The molecule has 0 aliphatic heterocycles. The summed E-state index contributed by atoms with van der Waals surface area (Å²) in [7, 11) is 0. The van der Waals surface area contributed by atoms with E-state index in [1.165, 1.54) is 5.57 Å². The van der Waals surface area contributed by atoms with Crippen LogP contribution in [0.25, 0.3) is 33.2 Å². The van der Waals surface area contributed by atoms with Crippen molar-refractivity contribution in [2.24, 2.45) is 0 Å². The summed E-state index contributed by atoms with van der Waals surface area (Å²) in [6.07, 6.45) is 12.5. The second kappa shape index (κ2) is 5.24. The van der Waals surface area contributed by atoms with Gasteiger partial charge in [-0.3, -0.25) is 0 Å². The van der Waals surface area contributed by atoms with Gasteiger partial charge in [0.1, 0.15) is 17.0 Å². The number of para-hydroxylation sites is 1. The lowest BCUT2D eigenvalue weighted by Gasteiger charge is -2.12. The van der Waals surface area contributed by atoms with Crippen molar-refractivity contribution < 1.29 is 4.42 Å². The number of furan rings is 1. The van der Waals surface area contributed by atoms with E-state index in [0.717, 1.165) is 46.3 Å². The van der Waals surface area contributed by atoms with Gasteiger partial charge < -0.3 is 8.98 Å². The van der Waals surface area contributed by atoms with E-state index in [9.17, 15) is 0 Å². The van der Waals surface area contributed by atoms with Crippen molar-refractivity contribution in [3.05, 3.63) is 78.9 Å². The molecule has 0 spiro atoms. The van der Waals surface area contributed by atoms with Crippen molar-refractivity contribution >= 4 is 27.5 Å². The number of imidazole rings is 1. The molecule has 0 fully saturated rings. The molecule has 0 unspecified atom stereocenters. The molecule has 0 amide bonds. The molecule has 1 aliphatic carbocycles. The number of rotatable bonds is 2. The molecule has 3 nitrogen and oxygen atoms in total. The molecule has 0 N–H and O–H groups in total. The molecule has 3 heteroatoms. The van der Waals surface area contributed by atoms with E-state index in [1.807, 2.05) is 36.7 Å². The predicted molar refractivity (Wildman–Crippen MR) is 97.2 cm³/mol. The molecule has 2 aromatic carbocycles. The summed E-state index contributed by atoms with van der Waals surface area (Å²) < 4.78 is 8.08. The van der Waals surface area contributed by atoms with Gasteiger partial charge in [0.2, 0.25) is 0 Å². The van der Waals surface area contributed by atoms with E-state index in [4.69, 9.17) is 4.42 Å². The fraction of sp³-hybridized carbons (Fsp3) is 0.0952. The van der Waals surface area contributed by atoms with Crippen LogP contribution in [0.1, 0.15) is 18.7 Å². The van der Waals surface area contributed by atoms with Gasteiger partial charge in [0.25, 0.3) is 0 Å². The first kappa shape index (κ1) is 13.4. The summed E-state index contributed by atoms with van der Waals surface area (Å²) in [6, 6.07) is 14.5. The third-order valence-corrected chi connectivity index (χ3v) is 4.58. The van der Waals surface area contributed by atoms with Crippen LogP contribution in [0.5, 0.6) is 0 Å². The first-order valence-electron chi connectivity index (χ1n) is 8.21. The molecule has 24 heavy (non-hydrogen) atoms. The van der Waals surface area contributed by atoms with E-state index in [-0.39, 0.29) is 0 Å². The average molecular weight is 312 g/mol. The van der Waals surface area contributed by atoms with Crippen LogP contribution < -0.4 is 0 Å². The molecule has 0 bridgehead atoms. The molecule has 0 saturated carbocycles. The molecule has 0 atom stereocenters. The highest BCUT2D eigenvalue weighted by atomic mass is 16.3. The Labute approximate surface area is 139 Å². The monoisotopic (exact) mass is 312 g/mol. The smallest absolute Gasteiger partial charge is 0.140 e. The third-order valence-electron chi connectivity index (χ3n) is 4.58. The molecule has 116 valence electrons. The molecule has 1 aliphatic rings. The topological polar surface area (TPSA) is 31.0 Å². The maximum absolute atomic E-state index is 5.93. The van der Waals surface area contributed by atoms with E-state index in [2.05, 4.69) is 46.0 Å². The van der Waals surface area contributed by atoms with Gasteiger partial charge in [-0.05, 0) is 42.7 Å².